The predicted octanol–water partition coefficient (Wildman–Crippen LogP) is 1.96. The highest BCUT2D eigenvalue weighted by molar-refractivity contribution is 7.89. The topological polar surface area (TPSA) is 66.4 Å². The van der Waals surface area contributed by atoms with E-state index in [9.17, 15) is 22.3 Å². The summed E-state index contributed by atoms with van der Waals surface area (Å²) in [5.41, 5.74) is 0.0381. The zero-order valence-corrected chi connectivity index (χ0v) is 12.5. The standard InChI is InChI=1S/C13H19F2NO3S/c1-8(2)4-10(7-17)16-20(18,19)13-5-9(3)11(14)6-12(13)15/h5-6,8,10,16-17H,4,7H2,1-3H3. The Balaban J connectivity index is 3.08. The molecule has 0 radical (unpaired) electrons. The van der Waals surface area contributed by atoms with Gasteiger partial charge in [0.1, 0.15) is 16.5 Å². The first-order valence-electron chi connectivity index (χ1n) is 6.26. The summed E-state index contributed by atoms with van der Waals surface area (Å²) < 4.78 is 53.2. The van der Waals surface area contributed by atoms with Crippen molar-refractivity contribution in [1.82, 2.24) is 4.72 Å². The van der Waals surface area contributed by atoms with Gasteiger partial charge in [-0.25, -0.2) is 21.9 Å². The fourth-order valence-corrected chi connectivity index (χ4v) is 3.23. The number of aryl methyl sites for hydroxylation is 1. The minimum absolute atomic E-state index is 0.0381. The molecule has 0 amide bonds. The normalized spacial score (nSPS) is 13.8. The Morgan fingerprint density at radius 3 is 2.35 bits per heavy atom. The number of halogens is 2. The van der Waals surface area contributed by atoms with Gasteiger partial charge in [-0.15, -0.1) is 0 Å². The first kappa shape index (κ1) is 17.0. The van der Waals surface area contributed by atoms with Crippen LogP contribution in [0.5, 0.6) is 0 Å². The summed E-state index contributed by atoms with van der Waals surface area (Å²) >= 11 is 0. The molecule has 0 heterocycles. The SMILES string of the molecule is Cc1cc(S(=O)(=O)NC(CO)CC(C)C)c(F)cc1F. The Morgan fingerprint density at radius 1 is 1.25 bits per heavy atom. The van der Waals surface area contributed by atoms with Crippen molar-refractivity contribution in [2.24, 2.45) is 5.92 Å². The van der Waals surface area contributed by atoms with Crippen molar-refractivity contribution in [2.75, 3.05) is 6.61 Å². The Hall–Kier alpha value is -1.05. The average Bonchev–Trinajstić information content (AvgIpc) is 2.31. The third-order valence-electron chi connectivity index (χ3n) is 2.80. The molecule has 0 aliphatic carbocycles. The number of rotatable bonds is 6. The van der Waals surface area contributed by atoms with Crippen LogP contribution in [0.25, 0.3) is 0 Å². The Morgan fingerprint density at radius 2 is 1.85 bits per heavy atom. The van der Waals surface area contributed by atoms with Crippen LogP contribution in [-0.2, 0) is 10.0 Å². The summed E-state index contributed by atoms with van der Waals surface area (Å²) in [7, 11) is -4.14. The number of sulfonamides is 1. The highest BCUT2D eigenvalue weighted by Gasteiger charge is 2.24. The van der Waals surface area contributed by atoms with Gasteiger partial charge in [-0.05, 0) is 30.9 Å². The molecule has 1 unspecified atom stereocenters. The number of hydrogen-bond donors (Lipinski definition) is 2. The molecule has 20 heavy (non-hydrogen) atoms. The third-order valence-corrected chi connectivity index (χ3v) is 4.34. The lowest BCUT2D eigenvalue weighted by Gasteiger charge is -2.18. The average molecular weight is 307 g/mol. The molecule has 0 fully saturated rings. The van der Waals surface area contributed by atoms with E-state index in [-0.39, 0.29) is 18.1 Å². The van der Waals surface area contributed by atoms with Crippen LogP contribution in [-0.4, -0.2) is 26.2 Å². The van der Waals surface area contributed by atoms with Crippen LogP contribution < -0.4 is 4.72 Å². The Kier molecular flexibility index (Phi) is 5.61. The van der Waals surface area contributed by atoms with Gasteiger partial charge in [0.2, 0.25) is 10.0 Å². The molecule has 0 saturated heterocycles. The molecule has 7 heteroatoms. The minimum Gasteiger partial charge on any atom is -0.395 e. The Bertz CT molecular complexity index is 573. The monoisotopic (exact) mass is 307 g/mol. The van der Waals surface area contributed by atoms with E-state index >= 15 is 0 Å². The number of aliphatic hydroxyl groups excluding tert-OH is 1. The van der Waals surface area contributed by atoms with Gasteiger partial charge in [-0.2, -0.15) is 0 Å². The van der Waals surface area contributed by atoms with E-state index in [1.807, 2.05) is 13.8 Å². The Labute approximate surface area is 117 Å². The first-order chi connectivity index (χ1) is 9.17. The molecule has 0 bridgehead atoms. The summed E-state index contributed by atoms with van der Waals surface area (Å²) in [6, 6.07) is 0.779. The third kappa shape index (κ3) is 4.22. The fourth-order valence-electron chi connectivity index (χ4n) is 1.85. The van der Waals surface area contributed by atoms with Crippen molar-refractivity contribution in [3.05, 3.63) is 29.3 Å². The van der Waals surface area contributed by atoms with E-state index in [1.54, 1.807) is 0 Å². The summed E-state index contributed by atoms with van der Waals surface area (Å²) in [5, 5.41) is 9.17. The van der Waals surface area contributed by atoms with Gasteiger partial charge in [0, 0.05) is 12.1 Å². The predicted molar refractivity (Wildman–Crippen MR) is 71.7 cm³/mol. The van der Waals surface area contributed by atoms with Crippen LogP contribution in [0.4, 0.5) is 8.78 Å². The summed E-state index contributed by atoms with van der Waals surface area (Å²) in [6.07, 6.45) is 0.414. The van der Waals surface area contributed by atoms with Crippen LogP contribution in [0.15, 0.2) is 17.0 Å². The van der Waals surface area contributed by atoms with Crippen LogP contribution in [0, 0.1) is 24.5 Å². The van der Waals surface area contributed by atoms with Crippen molar-refractivity contribution in [2.45, 2.75) is 38.1 Å². The highest BCUT2D eigenvalue weighted by Crippen LogP contribution is 2.19. The molecule has 0 saturated carbocycles. The quantitative estimate of drug-likeness (QED) is 0.844. The molecule has 1 rings (SSSR count). The lowest BCUT2D eigenvalue weighted by Crippen LogP contribution is -2.38. The summed E-state index contributed by atoms with van der Waals surface area (Å²) in [6.45, 7) is 4.71. The van der Waals surface area contributed by atoms with Gasteiger partial charge in [0.25, 0.3) is 0 Å². The van der Waals surface area contributed by atoms with Crippen LogP contribution in [0.1, 0.15) is 25.8 Å². The molecule has 1 atom stereocenters. The van der Waals surface area contributed by atoms with E-state index < -0.39 is 32.6 Å². The van der Waals surface area contributed by atoms with E-state index in [0.717, 1.165) is 6.07 Å². The number of aliphatic hydroxyl groups is 1. The van der Waals surface area contributed by atoms with Gasteiger partial charge in [-0.1, -0.05) is 13.8 Å². The van der Waals surface area contributed by atoms with Crippen molar-refractivity contribution in [1.29, 1.82) is 0 Å². The lowest BCUT2D eigenvalue weighted by molar-refractivity contribution is 0.240. The maximum Gasteiger partial charge on any atom is 0.243 e. The van der Waals surface area contributed by atoms with E-state index in [4.69, 9.17) is 0 Å². The number of nitrogens with one attached hydrogen (secondary N) is 1. The van der Waals surface area contributed by atoms with Crippen LogP contribution in [0.3, 0.4) is 0 Å². The summed E-state index contributed by atoms with van der Waals surface area (Å²) in [5.74, 6) is -1.79. The summed E-state index contributed by atoms with van der Waals surface area (Å²) in [4.78, 5) is -0.612. The first-order valence-corrected chi connectivity index (χ1v) is 7.74. The van der Waals surface area contributed by atoms with Gasteiger partial charge in [-0.3, -0.25) is 0 Å². The second kappa shape index (κ2) is 6.60. The molecular weight excluding hydrogens is 288 g/mol. The van der Waals surface area contributed by atoms with Crippen molar-refractivity contribution >= 4 is 10.0 Å². The number of hydrogen-bond acceptors (Lipinski definition) is 3. The van der Waals surface area contributed by atoms with E-state index in [1.165, 1.54) is 6.92 Å². The van der Waals surface area contributed by atoms with Gasteiger partial charge in [0.05, 0.1) is 6.61 Å². The largest absolute Gasteiger partial charge is 0.395 e. The van der Waals surface area contributed by atoms with Crippen LogP contribution in [0.2, 0.25) is 0 Å². The molecule has 0 aliphatic heterocycles. The lowest BCUT2D eigenvalue weighted by atomic mass is 10.1. The maximum absolute atomic E-state index is 13.6. The second-order valence-electron chi connectivity index (χ2n) is 5.16. The molecular formula is C13H19F2NO3S. The molecule has 0 aromatic heterocycles. The van der Waals surface area contributed by atoms with Gasteiger partial charge < -0.3 is 5.11 Å². The van der Waals surface area contributed by atoms with E-state index in [0.29, 0.717) is 12.5 Å². The molecule has 1 aromatic rings. The molecule has 114 valence electrons. The zero-order chi connectivity index (χ0) is 15.5. The number of benzene rings is 1. The molecule has 0 aliphatic rings. The van der Waals surface area contributed by atoms with Crippen molar-refractivity contribution < 1.29 is 22.3 Å². The molecule has 1 aromatic carbocycles. The van der Waals surface area contributed by atoms with Crippen molar-refractivity contribution in [3.8, 4) is 0 Å². The van der Waals surface area contributed by atoms with Gasteiger partial charge in [0.15, 0.2) is 0 Å². The maximum atomic E-state index is 13.6. The van der Waals surface area contributed by atoms with Crippen molar-refractivity contribution in [3.63, 3.8) is 0 Å². The molecule has 2 N–H and O–H groups in total. The zero-order valence-electron chi connectivity index (χ0n) is 11.7. The smallest absolute Gasteiger partial charge is 0.243 e. The molecule has 0 spiro atoms. The van der Waals surface area contributed by atoms with Crippen LogP contribution >= 0.6 is 0 Å². The van der Waals surface area contributed by atoms with Gasteiger partial charge >= 0.3 is 0 Å². The van der Waals surface area contributed by atoms with E-state index in [2.05, 4.69) is 4.72 Å². The molecule has 4 nitrogen and oxygen atoms in total. The second-order valence-corrected chi connectivity index (χ2v) is 6.84. The fraction of sp³-hybridized carbons (Fsp3) is 0.538. The highest BCUT2D eigenvalue weighted by atomic mass is 32.2. The minimum atomic E-state index is -4.14.